The largest absolute Gasteiger partial charge is 0.476 e. The van der Waals surface area contributed by atoms with E-state index in [1.165, 1.54) is 28.8 Å². The summed E-state index contributed by atoms with van der Waals surface area (Å²) in [7, 11) is 0. The summed E-state index contributed by atoms with van der Waals surface area (Å²) in [5, 5.41) is 19.1. The first kappa shape index (κ1) is 13.9. The second-order valence-electron chi connectivity index (χ2n) is 3.74. The van der Waals surface area contributed by atoms with Gasteiger partial charge in [-0.1, -0.05) is 0 Å². The second-order valence-corrected chi connectivity index (χ2v) is 4.69. The molecule has 0 aliphatic carbocycles. The quantitative estimate of drug-likeness (QED) is 0.707. The average Bonchev–Trinajstić information content (AvgIpc) is 2.88. The van der Waals surface area contributed by atoms with E-state index in [0.29, 0.717) is 18.0 Å². The minimum absolute atomic E-state index is 0.00127. The van der Waals surface area contributed by atoms with Crippen LogP contribution in [-0.4, -0.2) is 38.7 Å². The van der Waals surface area contributed by atoms with Gasteiger partial charge in [0.2, 0.25) is 0 Å². The number of aromatic nitrogens is 3. The predicted molar refractivity (Wildman–Crippen MR) is 70.0 cm³/mol. The van der Waals surface area contributed by atoms with Crippen molar-refractivity contribution in [1.82, 2.24) is 20.5 Å². The lowest BCUT2D eigenvalue weighted by atomic mass is 10.3. The molecule has 3 N–H and O–H groups in total. The first-order valence-electron chi connectivity index (χ1n) is 5.58. The van der Waals surface area contributed by atoms with Crippen molar-refractivity contribution in [3.8, 4) is 0 Å². The zero-order valence-corrected chi connectivity index (χ0v) is 10.9. The van der Waals surface area contributed by atoms with Gasteiger partial charge in [-0.05, 0) is 6.07 Å². The number of carbonyl (C=O) groups excluding carboxylic acids is 1. The van der Waals surface area contributed by atoms with Gasteiger partial charge in [0.15, 0.2) is 5.69 Å². The van der Waals surface area contributed by atoms with E-state index < -0.39 is 11.9 Å². The molecule has 2 heterocycles. The highest BCUT2D eigenvalue weighted by Crippen LogP contribution is 2.09. The maximum Gasteiger partial charge on any atom is 0.355 e. The van der Waals surface area contributed by atoms with Gasteiger partial charge in [-0.15, -0.1) is 11.3 Å². The molecule has 0 radical (unpaired) electrons. The molecule has 0 spiro atoms. The van der Waals surface area contributed by atoms with E-state index in [-0.39, 0.29) is 16.9 Å². The highest BCUT2D eigenvalue weighted by Gasteiger charge is 2.10. The Morgan fingerprint density at radius 2 is 2.15 bits per heavy atom. The van der Waals surface area contributed by atoms with Crippen LogP contribution in [0.2, 0.25) is 0 Å². The van der Waals surface area contributed by atoms with Crippen molar-refractivity contribution in [2.45, 2.75) is 6.42 Å². The molecule has 20 heavy (non-hydrogen) atoms. The number of H-pyrrole nitrogens is 1. The molecular weight excluding hydrogens is 284 g/mol. The van der Waals surface area contributed by atoms with Crippen molar-refractivity contribution in [2.24, 2.45) is 0 Å². The lowest BCUT2D eigenvalue weighted by Gasteiger charge is -2.02. The van der Waals surface area contributed by atoms with Crippen LogP contribution in [0.3, 0.4) is 0 Å². The van der Waals surface area contributed by atoms with Crippen LogP contribution >= 0.6 is 11.3 Å². The van der Waals surface area contributed by atoms with Crippen LogP contribution in [0.4, 0.5) is 0 Å². The number of nitrogens with one attached hydrogen (secondary N) is 2. The zero-order chi connectivity index (χ0) is 14.5. The van der Waals surface area contributed by atoms with Gasteiger partial charge < -0.3 is 10.4 Å². The van der Waals surface area contributed by atoms with Crippen LogP contribution in [0, 0.1) is 0 Å². The van der Waals surface area contributed by atoms with E-state index >= 15 is 0 Å². The molecule has 9 heteroatoms. The Morgan fingerprint density at radius 3 is 2.75 bits per heavy atom. The van der Waals surface area contributed by atoms with Gasteiger partial charge in [-0.2, -0.15) is 5.10 Å². The van der Waals surface area contributed by atoms with Crippen molar-refractivity contribution in [3.05, 3.63) is 44.3 Å². The van der Waals surface area contributed by atoms with E-state index in [9.17, 15) is 14.4 Å². The summed E-state index contributed by atoms with van der Waals surface area (Å²) in [5.41, 5.74) is -0.279. The summed E-state index contributed by atoms with van der Waals surface area (Å²) in [6.45, 7) is 0.298. The standard InChI is InChI=1S/C11H10N4O4S/c16-8-2-1-6(14-15-8)10(17)12-4-3-9-13-7(5-20-9)11(18)19/h1-2,5H,3-4H2,(H,12,17)(H,15,16)(H,18,19). The summed E-state index contributed by atoms with van der Waals surface area (Å²) in [5.74, 6) is -1.50. The van der Waals surface area contributed by atoms with Crippen LogP contribution in [0.5, 0.6) is 0 Å². The third-order valence-electron chi connectivity index (χ3n) is 2.31. The number of amides is 1. The first-order valence-corrected chi connectivity index (χ1v) is 6.46. The Balaban J connectivity index is 1.86. The number of hydrogen-bond acceptors (Lipinski definition) is 6. The molecule has 1 amide bonds. The molecule has 0 bridgehead atoms. The third-order valence-corrected chi connectivity index (χ3v) is 3.22. The number of thiazole rings is 1. The zero-order valence-electron chi connectivity index (χ0n) is 10.1. The van der Waals surface area contributed by atoms with Crippen LogP contribution < -0.4 is 10.9 Å². The monoisotopic (exact) mass is 294 g/mol. The Morgan fingerprint density at radius 1 is 1.35 bits per heavy atom. The van der Waals surface area contributed by atoms with Gasteiger partial charge in [0, 0.05) is 24.4 Å². The number of carbonyl (C=O) groups is 2. The Hall–Kier alpha value is -2.55. The van der Waals surface area contributed by atoms with Gasteiger partial charge in [0.1, 0.15) is 5.69 Å². The lowest BCUT2D eigenvalue weighted by molar-refractivity contribution is 0.0690. The highest BCUT2D eigenvalue weighted by atomic mass is 32.1. The SMILES string of the molecule is O=C(O)c1csc(CCNC(=O)c2ccc(=O)[nH]n2)n1. The predicted octanol–water partition coefficient (Wildman–Crippen LogP) is -0.103. The van der Waals surface area contributed by atoms with E-state index in [2.05, 4.69) is 20.5 Å². The fourth-order valence-corrected chi connectivity index (χ4v) is 2.14. The molecule has 2 rings (SSSR count). The number of hydrogen-bond donors (Lipinski definition) is 3. The van der Waals surface area contributed by atoms with E-state index in [4.69, 9.17) is 5.11 Å². The maximum atomic E-state index is 11.7. The third kappa shape index (κ3) is 3.48. The minimum atomic E-state index is -1.08. The topological polar surface area (TPSA) is 125 Å². The second kappa shape index (κ2) is 6.06. The molecular formula is C11H10N4O4S. The Labute approximate surface area is 116 Å². The molecule has 0 saturated carbocycles. The Kier molecular flexibility index (Phi) is 4.20. The van der Waals surface area contributed by atoms with Crippen LogP contribution in [0.1, 0.15) is 26.0 Å². The molecule has 104 valence electrons. The highest BCUT2D eigenvalue weighted by molar-refractivity contribution is 7.09. The van der Waals surface area contributed by atoms with Gasteiger partial charge >= 0.3 is 5.97 Å². The van der Waals surface area contributed by atoms with Crippen LogP contribution in [-0.2, 0) is 6.42 Å². The van der Waals surface area contributed by atoms with Crippen molar-refractivity contribution in [1.29, 1.82) is 0 Å². The maximum absolute atomic E-state index is 11.7. The molecule has 2 aromatic rings. The number of nitrogens with zero attached hydrogens (tertiary/aromatic N) is 2. The van der Waals surface area contributed by atoms with Crippen molar-refractivity contribution in [2.75, 3.05) is 6.54 Å². The molecule has 0 aromatic carbocycles. The van der Waals surface area contributed by atoms with Gasteiger partial charge in [0.05, 0.1) is 5.01 Å². The fraction of sp³-hybridized carbons (Fsp3) is 0.182. The van der Waals surface area contributed by atoms with Gasteiger partial charge in [0.25, 0.3) is 11.5 Å². The first-order chi connectivity index (χ1) is 9.56. The van der Waals surface area contributed by atoms with Crippen molar-refractivity contribution < 1.29 is 14.7 Å². The molecule has 0 fully saturated rings. The molecule has 2 aromatic heterocycles. The minimum Gasteiger partial charge on any atom is -0.476 e. The summed E-state index contributed by atoms with van der Waals surface area (Å²) in [6.07, 6.45) is 0.424. The summed E-state index contributed by atoms with van der Waals surface area (Å²) >= 11 is 1.22. The summed E-state index contributed by atoms with van der Waals surface area (Å²) < 4.78 is 0. The number of aromatic carboxylic acids is 1. The van der Waals surface area contributed by atoms with E-state index in [1.807, 2.05) is 0 Å². The van der Waals surface area contributed by atoms with Crippen molar-refractivity contribution in [3.63, 3.8) is 0 Å². The summed E-state index contributed by atoms with van der Waals surface area (Å²) in [6, 6.07) is 2.53. The lowest BCUT2D eigenvalue weighted by Crippen LogP contribution is -2.27. The van der Waals surface area contributed by atoms with E-state index in [0.717, 1.165) is 0 Å². The molecule has 0 atom stereocenters. The smallest absolute Gasteiger partial charge is 0.355 e. The van der Waals surface area contributed by atoms with E-state index in [1.54, 1.807) is 0 Å². The van der Waals surface area contributed by atoms with Crippen LogP contribution in [0.25, 0.3) is 0 Å². The molecule has 0 aliphatic heterocycles. The number of carboxylic acid groups (broad SMARTS) is 1. The average molecular weight is 294 g/mol. The molecule has 0 unspecified atom stereocenters. The Bertz CT molecular complexity index is 673. The summed E-state index contributed by atoms with van der Waals surface area (Å²) in [4.78, 5) is 37.0. The molecule has 8 nitrogen and oxygen atoms in total. The molecule has 0 aliphatic rings. The fourth-order valence-electron chi connectivity index (χ4n) is 1.37. The van der Waals surface area contributed by atoms with Gasteiger partial charge in [-0.25, -0.2) is 14.9 Å². The number of rotatable bonds is 5. The van der Waals surface area contributed by atoms with Crippen molar-refractivity contribution >= 4 is 23.2 Å². The number of carboxylic acids is 1. The van der Waals surface area contributed by atoms with Gasteiger partial charge in [-0.3, -0.25) is 9.59 Å². The molecule has 0 saturated heterocycles. The normalized spacial score (nSPS) is 10.2. The number of aromatic amines is 1. The van der Waals surface area contributed by atoms with Crippen LogP contribution in [0.15, 0.2) is 22.3 Å².